The number of esters is 1. The van der Waals surface area contributed by atoms with E-state index < -0.39 is 5.97 Å². The quantitative estimate of drug-likeness (QED) is 0.515. The van der Waals surface area contributed by atoms with Crippen LogP contribution in [0.1, 0.15) is 21.7 Å². The molecule has 0 fully saturated rings. The molecule has 3 heteroatoms. The first kappa shape index (κ1) is 14.1. The molecule has 0 bridgehead atoms. The molecule has 110 valence electrons. The van der Waals surface area contributed by atoms with Crippen LogP contribution in [0.5, 0.6) is 5.75 Å². The van der Waals surface area contributed by atoms with Crippen LogP contribution in [-0.4, -0.2) is 5.97 Å². The number of carbonyl (C=O) groups is 1. The fraction of sp³-hybridized carbons (Fsp3) is 0.105. The van der Waals surface area contributed by atoms with Gasteiger partial charge < -0.3 is 9.15 Å². The van der Waals surface area contributed by atoms with Gasteiger partial charge in [-0.05, 0) is 54.8 Å². The van der Waals surface area contributed by atoms with Gasteiger partial charge in [-0.3, -0.25) is 0 Å². The highest BCUT2D eigenvalue weighted by Gasteiger charge is 2.13. The normalized spacial score (nSPS) is 10.5. The van der Waals surface area contributed by atoms with Crippen molar-refractivity contribution >= 4 is 5.97 Å². The molecule has 0 saturated carbocycles. The second-order valence-corrected chi connectivity index (χ2v) is 5.22. The van der Waals surface area contributed by atoms with Crippen LogP contribution in [0.2, 0.25) is 0 Å². The van der Waals surface area contributed by atoms with Gasteiger partial charge in [0, 0.05) is 0 Å². The van der Waals surface area contributed by atoms with Gasteiger partial charge >= 0.3 is 5.97 Å². The minimum atomic E-state index is -0.489. The lowest BCUT2D eigenvalue weighted by Crippen LogP contribution is -2.08. The van der Waals surface area contributed by atoms with Gasteiger partial charge in [0.1, 0.15) is 5.75 Å². The maximum absolute atomic E-state index is 11.9. The van der Waals surface area contributed by atoms with Gasteiger partial charge in [0.15, 0.2) is 0 Å². The van der Waals surface area contributed by atoms with Gasteiger partial charge in [0.25, 0.3) is 0 Å². The second-order valence-electron chi connectivity index (χ2n) is 5.22. The molecule has 0 radical (unpaired) electrons. The summed E-state index contributed by atoms with van der Waals surface area (Å²) in [5.41, 5.74) is 4.35. The third-order valence-electron chi connectivity index (χ3n) is 3.45. The molecule has 1 heterocycles. The zero-order valence-electron chi connectivity index (χ0n) is 12.5. The van der Waals surface area contributed by atoms with Crippen molar-refractivity contribution < 1.29 is 13.9 Å². The van der Waals surface area contributed by atoms with Crippen molar-refractivity contribution in [3.8, 4) is 16.9 Å². The summed E-state index contributed by atoms with van der Waals surface area (Å²) >= 11 is 0. The molecule has 3 nitrogen and oxygen atoms in total. The Kier molecular flexibility index (Phi) is 3.79. The molecule has 0 amide bonds. The van der Waals surface area contributed by atoms with Crippen LogP contribution >= 0.6 is 0 Å². The zero-order valence-corrected chi connectivity index (χ0v) is 12.5. The third-order valence-corrected chi connectivity index (χ3v) is 3.45. The van der Waals surface area contributed by atoms with Crippen molar-refractivity contribution in [2.45, 2.75) is 13.8 Å². The summed E-state index contributed by atoms with van der Waals surface area (Å²) in [5, 5.41) is 0. The van der Waals surface area contributed by atoms with Crippen molar-refractivity contribution in [1.82, 2.24) is 0 Å². The van der Waals surface area contributed by atoms with Crippen molar-refractivity contribution in [1.29, 1.82) is 0 Å². The van der Waals surface area contributed by atoms with Crippen LogP contribution in [-0.2, 0) is 0 Å². The van der Waals surface area contributed by atoms with Crippen LogP contribution in [0.25, 0.3) is 11.1 Å². The van der Waals surface area contributed by atoms with Gasteiger partial charge in [-0.1, -0.05) is 35.9 Å². The minimum Gasteiger partial charge on any atom is -0.457 e. The van der Waals surface area contributed by atoms with E-state index in [4.69, 9.17) is 9.15 Å². The number of benzene rings is 2. The SMILES string of the molecule is Cc1cccc(-c2ccc(OC(=O)c3ccco3)c(C)c2)c1. The Bertz CT molecular complexity index is 801. The first-order valence-corrected chi connectivity index (χ1v) is 7.07. The number of hydrogen-bond donors (Lipinski definition) is 0. The Labute approximate surface area is 129 Å². The molecule has 0 aliphatic carbocycles. The predicted molar refractivity (Wildman–Crippen MR) is 85.0 cm³/mol. The van der Waals surface area contributed by atoms with Gasteiger partial charge in [-0.25, -0.2) is 4.79 Å². The average molecular weight is 292 g/mol. The summed E-state index contributed by atoms with van der Waals surface area (Å²) in [6.45, 7) is 3.99. The smallest absolute Gasteiger partial charge is 0.379 e. The van der Waals surface area contributed by atoms with E-state index in [-0.39, 0.29) is 5.76 Å². The van der Waals surface area contributed by atoms with Crippen molar-refractivity contribution in [3.63, 3.8) is 0 Å². The van der Waals surface area contributed by atoms with Crippen LogP contribution < -0.4 is 4.74 Å². The van der Waals surface area contributed by atoms with Crippen LogP contribution in [0.3, 0.4) is 0 Å². The molecular weight excluding hydrogens is 276 g/mol. The first-order chi connectivity index (χ1) is 10.6. The fourth-order valence-electron chi connectivity index (χ4n) is 2.31. The maximum atomic E-state index is 11.9. The van der Waals surface area contributed by atoms with Gasteiger partial charge in [-0.15, -0.1) is 0 Å². The Hall–Kier alpha value is -2.81. The summed E-state index contributed by atoms with van der Waals surface area (Å²) in [4.78, 5) is 11.9. The molecule has 0 atom stereocenters. The Morgan fingerprint density at radius 1 is 0.955 bits per heavy atom. The molecule has 0 unspecified atom stereocenters. The fourth-order valence-corrected chi connectivity index (χ4v) is 2.31. The highest BCUT2D eigenvalue weighted by Crippen LogP contribution is 2.27. The van der Waals surface area contributed by atoms with Crippen molar-refractivity contribution in [2.75, 3.05) is 0 Å². The summed E-state index contributed by atoms with van der Waals surface area (Å²) in [6, 6.07) is 17.3. The summed E-state index contributed by atoms with van der Waals surface area (Å²) in [6.07, 6.45) is 1.45. The second kappa shape index (κ2) is 5.90. The molecule has 22 heavy (non-hydrogen) atoms. The minimum absolute atomic E-state index is 0.196. The Morgan fingerprint density at radius 3 is 2.45 bits per heavy atom. The van der Waals surface area contributed by atoms with E-state index in [0.717, 1.165) is 16.7 Å². The number of hydrogen-bond acceptors (Lipinski definition) is 3. The number of rotatable bonds is 3. The number of aryl methyl sites for hydroxylation is 2. The lowest BCUT2D eigenvalue weighted by atomic mass is 10.0. The number of furan rings is 1. The van der Waals surface area contributed by atoms with Gasteiger partial charge in [0.05, 0.1) is 6.26 Å². The zero-order chi connectivity index (χ0) is 15.5. The highest BCUT2D eigenvalue weighted by atomic mass is 16.5. The van der Waals surface area contributed by atoms with Crippen molar-refractivity contribution in [2.24, 2.45) is 0 Å². The van der Waals surface area contributed by atoms with E-state index in [0.29, 0.717) is 5.75 Å². The standard InChI is InChI=1S/C19H16O3/c1-13-5-3-6-15(11-13)16-8-9-17(14(2)12-16)22-19(20)18-7-4-10-21-18/h3-12H,1-2H3. The van der Waals surface area contributed by atoms with Gasteiger partial charge in [0.2, 0.25) is 5.76 Å². The lowest BCUT2D eigenvalue weighted by Gasteiger charge is -2.09. The molecule has 3 aromatic rings. The number of carbonyl (C=O) groups excluding carboxylic acids is 1. The van der Waals surface area contributed by atoms with Crippen LogP contribution in [0.15, 0.2) is 65.3 Å². The molecule has 3 rings (SSSR count). The maximum Gasteiger partial charge on any atom is 0.379 e. The molecule has 0 spiro atoms. The molecule has 1 aromatic heterocycles. The average Bonchev–Trinajstić information content (AvgIpc) is 3.03. The monoisotopic (exact) mass is 292 g/mol. The van der Waals surface area contributed by atoms with Crippen LogP contribution in [0.4, 0.5) is 0 Å². The molecule has 2 aromatic carbocycles. The Balaban J connectivity index is 1.85. The topological polar surface area (TPSA) is 39.4 Å². The van der Waals surface area contributed by atoms with E-state index in [1.165, 1.54) is 11.8 Å². The highest BCUT2D eigenvalue weighted by molar-refractivity contribution is 5.88. The van der Waals surface area contributed by atoms with E-state index in [9.17, 15) is 4.79 Å². The Morgan fingerprint density at radius 2 is 1.77 bits per heavy atom. The van der Waals surface area contributed by atoms with E-state index in [1.807, 2.05) is 31.2 Å². The summed E-state index contributed by atoms with van der Waals surface area (Å²) in [7, 11) is 0. The van der Waals surface area contributed by atoms with Crippen molar-refractivity contribution in [3.05, 3.63) is 77.7 Å². The lowest BCUT2D eigenvalue weighted by molar-refractivity contribution is 0.0700. The van der Waals surface area contributed by atoms with E-state index in [2.05, 4.69) is 25.1 Å². The molecule has 0 saturated heterocycles. The van der Waals surface area contributed by atoms with Crippen LogP contribution in [0, 0.1) is 13.8 Å². The van der Waals surface area contributed by atoms with E-state index >= 15 is 0 Å². The largest absolute Gasteiger partial charge is 0.457 e. The third kappa shape index (κ3) is 2.93. The molecule has 0 aliphatic rings. The van der Waals surface area contributed by atoms with E-state index in [1.54, 1.807) is 12.1 Å². The summed E-state index contributed by atoms with van der Waals surface area (Å²) < 4.78 is 10.4. The first-order valence-electron chi connectivity index (χ1n) is 7.07. The predicted octanol–water partition coefficient (Wildman–Crippen LogP) is 4.78. The number of ether oxygens (including phenoxy) is 1. The molecular formula is C19H16O3. The summed E-state index contributed by atoms with van der Waals surface area (Å²) in [5.74, 6) is 0.247. The van der Waals surface area contributed by atoms with Gasteiger partial charge in [-0.2, -0.15) is 0 Å². The molecule has 0 N–H and O–H groups in total. The molecule has 0 aliphatic heterocycles.